The summed E-state index contributed by atoms with van der Waals surface area (Å²) in [6.07, 6.45) is 4.17. The van der Waals surface area contributed by atoms with E-state index in [4.69, 9.17) is 39.5 Å². The number of alkyl halides is 1. The van der Waals surface area contributed by atoms with E-state index in [0.717, 1.165) is 84.5 Å². The highest BCUT2D eigenvalue weighted by molar-refractivity contribution is 6.67. The van der Waals surface area contributed by atoms with Crippen LogP contribution < -0.4 is 4.74 Å². The smallest absolute Gasteiger partial charge is 0.252 e. The molecule has 0 amide bonds. The van der Waals surface area contributed by atoms with Gasteiger partial charge in [-0.05, 0) is 114 Å². The summed E-state index contributed by atoms with van der Waals surface area (Å²) in [7, 11) is 0. The predicted octanol–water partition coefficient (Wildman–Crippen LogP) is 8.48. The molecule has 5 rings (SSSR count). The highest BCUT2D eigenvalue weighted by atomic mass is 35.5. The molecule has 1 unspecified atom stereocenters. The standard InChI is InChI=1S/C31H29Cl3FNO2/c32-23-8-12-27(29(33)18-23)28-4-1-3-21-17-22(31(34)37)7-11-26(21)30(28)20-5-9-24(10-6-20)38-25-13-16-36(19-25)15-2-14-35/h5-12,17-18,25H,1-4,13-16,19H2. The van der Waals surface area contributed by atoms with Crippen molar-refractivity contribution in [3.63, 3.8) is 0 Å². The molecule has 3 nitrogen and oxygen atoms in total. The van der Waals surface area contributed by atoms with Crippen molar-refractivity contribution in [2.45, 2.75) is 38.2 Å². The van der Waals surface area contributed by atoms with Gasteiger partial charge in [-0.15, -0.1) is 0 Å². The summed E-state index contributed by atoms with van der Waals surface area (Å²) in [6, 6.07) is 19.5. The van der Waals surface area contributed by atoms with Crippen LogP contribution in [0.15, 0.2) is 60.7 Å². The maximum Gasteiger partial charge on any atom is 0.252 e. The summed E-state index contributed by atoms with van der Waals surface area (Å²) in [5, 5.41) is 0.747. The maximum atomic E-state index is 12.5. The predicted molar refractivity (Wildman–Crippen MR) is 154 cm³/mol. The van der Waals surface area contributed by atoms with Crippen molar-refractivity contribution in [1.82, 2.24) is 4.90 Å². The summed E-state index contributed by atoms with van der Waals surface area (Å²) in [6.45, 7) is 2.25. The Bertz CT molecular complexity index is 1360. The summed E-state index contributed by atoms with van der Waals surface area (Å²) >= 11 is 18.7. The zero-order valence-corrected chi connectivity index (χ0v) is 23.3. The number of likely N-dealkylation sites (tertiary alicyclic amines) is 1. The molecule has 198 valence electrons. The Balaban J connectivity index is 1.51. The molecule has 3 aromatic rings. The van der Waals surface area contributed by atoms with Crippen LogP contribution in [-0.2, 0) is 6.42 Å². The third kappa shape index (κ3) is 6.10. The summed E-state index contributed by atoms with van der Waals surface area (Å²) in [4.78, 5) is 14.1. The lowest BCUT2D eigenvalue weighted by atomic mass is 9.87. The zero-order valence-electron chi connectivity index (χ0n) is 21.0. The lowest BCUT2D eigenvalue weighted by Crippen LogP contribution is -2.26. The van der Waals surface area contributed by atoms with Gasteiger partial charge in [0.2, 0.25) is 0 Å². The van der Waals surface area contributed by atoms with Crippen molar-refractivity contribution in [2.24, 2.45) is 0 Å². The molecule has 2 aliphatic rings. The molecule has 0 aromatic heterocycles. The quantitative estimate of drug-likeness (QED) is 0.254. The number of hydrogen-bond acceptors (Lipinski definition) is 3. The molecular weight excluding hydrogens is 544 g/mol. The second-order valence-electron chi connectivity index (χ2n) is 9.87. The number of ether oxygens (including phenoxy) is 1. The molecule has 0 N–H and O–H groups in total. The molecule has 38 heavy (non-hydrogen) atoms. The molecule has 0 spiro atoms. The van der Waals surface area contributed by atoms with Crippen molar-refractivity contribution in [3.05, 3.63) is 98.5 Å². The van der Waals surface area contributed by atoms with Gasteiger partial charge in [0, 0.05) is 35.2 Å². The van der Waals surface area contributed by atoms with E-state index in [-0.39, 0.29) is 12.8 Å². The normalized spacial score (nSPS) is 17.8. The molecule has 1 atom stereocenters. The fourth-order valence-corrected chi connectivity index (χ4v) is 6.16. The van der Waals surface area contributed by atoms with Crippen LogP contribution in [0.3, 0.4) is 0 Å². The average Bonchev–Trinajstić information content (AvgIpc) is 3.26. The van der Waals surface area contributed by atoms with E-state index in [1.807, 2.05) is 36.4 Å². The minimum atomic E-state index is -0.458. The van der Waals surface area contributed by atoms with Gasteiger partial charge < -0.3 is 4.74 Å². The van der Waals surface area contributed by atoms with E-state index in [9.17, 15) is 9.18 Å². The first-order chi connectivity index (χ1) is 18.4. The molecule has 0 bridgehead atoms. The van der Waals surface area contributed by atoms with Crippen molar-refractivity contribution >= 4 is 51.2 Å². The van der Waals surface area contributed by atoms with Crippen LogP contribution in [0.5, 0.6) is 5.75 Å². The molecule has 0 saturated carbocycles. The Morgan fingerprint density at radius 3 is 2.53 bits per heavy atom. The van der Waals surface area contributed by atoms with E-state index in [1.54, 1.807) is 12.1 Å². The van der Waals surface area contributed by atoms with E-state index >= 15 is 0 Å². The molecule has 0 radical (unpaired) electrons. The van der Waals surface area contributed by atoms with Gasteiger partial charge >= 0.3 is 0 Å². The van der Waals surface area contributed by atoms with Gasteiger partial charge in [0.25, 0.3) is 5.24 Å². The van der Waals surface area contributed by atoms with Crippen molar-refractivity contribution < 1.29 is 13.9 Å². The fraction of sp³-hybridized carbons (Fsp3) is 0.323. The first-order valence-electron chi connectivity index (χ1n) is 13.0. The first-order valence-corrected chi connectivity index (χ1v) is 14.1. The van der Waals surface area contributed by atoms with Crippen LogP contribution in [0.1, 0.15) is 58.3 Å². The number of halogens is 4. The molecule has 1 saturated heterocycles. The van der Waals surface area contributed by atoms with Gasteiger partial charge in [0.15, 0.2) is 0 Å². The summed E-state index contributed by atoms with van der Waals surface area (Å²) < 4.78 is 18.8. The summed E-state index contributed by atoms with van der Waals surface area (Å²) in [5.41, 5.74) is 6.88. The van der Waals surface area contributed by atoms with Crippen LogP contribution in [0.2, 0.25) is 10.0 Å². The van der Waals surface area contributed by atoms with Gasteiger partial charge in [-0.2, -0.15) is 0 Å². The summed E-state index contributed by atoms with van der Waals surface area (Å²) in [5.74, 6) is 0.815. The Hall–Kier alpha value is -2.37. The van der Waals surface area contributed by atoms with Crippen molar-refractivity contribution in [3.8, 4) is 5.75 Å². The number of allylic oxidation sites excluding steroid dienone is 1. The SMILES string of the molecule is O=C(Cl)c1ccc2c(c1)CCCC(c1ccc(Cl)cc1Cl)=C2c1ccc(OC2CCN(CCCF)C2)cc1. The first kappa shape index (κ1) is 27.2. The molecule has 3 aromatic carbocycles. The molecular formula is C31H29Cl3FNO2. The fourth-order valence-electron chi connectivity index (χ4n) is 5.52. The van der Waals surface area contributed by atoms with E-state index in [0.29, 0.717) is 22.0 Å². The number of carbonyl (C=O) groups excluding carboxylic acids is 1. The Morgan fingerprint density at radius 1 is 1.00 bits per heavy atom. The molecule has 1 aliphatic heterocycles. The number of fused-ring (bicyclic) bond motifs is 1. The van der Waals surface area contributed by atoms with Gasteiger partial charge in [-0.3, -0.25) is 14.1 Å². The number of nitrogens with zero attached hydrogens (tertiary/aromatic N) is 1. The topological polar surface area (TPSA) is 29.5 Å². The Morgan fingerprint density at radius 2 is 1.79 bits per heavy atom. The van der Waals surface area contributed by atoms with Gasteiger partial charge in [0.1, 0.15) is 11.9 Å². The third-order valence-electron chi connectivity index (χ3n) is 7.32. The van der Waals surface area contributed by atoms with E-state index < -0.39 is 5.24 Å². The van der Waals surface area contributed by atoms with E-state index in [2.05, 4.69) is 17.0 Å². The number of carbonyl (C=O) groups is 1. The van der Waals surface area contributed by atoms with Crippen LogP contribution in [-0.4, -0.2) is 42.6 Å². The van der Waals surface area contributed by atoms with Crippen LogP contribution >= 0.6 is 34.8 Å². The lowest BCUT2D eigenvalue weighted by molar-refractivity contribution is 0.108. The second kappa shape index (κ2) is 12.2. The molecule has 1 heterocycles. The monoisotopic (exact) mass is 571 g/mol. The van der Waals surface area contributed by atoms with Crippen molar-refractivity contribution in [1.29, 1.82) is 0 Å². The second-order valence-corrected chi connectivity index (χ2v) is 11.1. The Labute approximate surface area is 238 Å². The highest BCUT2D eigenvalue weighted by Gasteiger charge is 2.25. The Kier molecular flexibility index (Phi) is 8.74. The van der Waals surface area contributed by atoms with Crippen LogP contribution in [0.25, 0.3) is 11.1 Å². The zero-order chi connectivity index (χ0) is 26.6. The molecule has 1 fully saturated rings. The highest BCUT2D eigenvalue weighted by Crippen LogP contribution is 2.42. The number of benzene rings is 3. The minimum absolute atomic E-state index is 0.105. The average molecular weight is 573 g/mol. The van der Waals surface area contributed by atoms with Crippen LogP contribution in [0.4, 0.5) is 4.39 Å². The van der Waals surface area contributed by atoms with E-state index in [1.165, 1.54) is 0 Å². The van der Waals surface area contributed by atoms with Gasteiger partial charge in [0.05, 0.1) is 6.67 Å². The molecule has 1 aliphatic carbocycles. The van der Waals surface area contributed by atoms with Gasteiger partial charge in [-0.1, -0.05) is 47.5 Å². The lowest BCUT2D eigenvalue weighted by Gasteiger charge is -2.19. The number of hydrogen-bond donors (Lipinski definition) is 0. The molecule has 7 heteroatoms. The van der Waals surface area contributed by atoms with Crippen molar-refractivity contribution in [2.75, 3.05) is 26.3 Å². The number of rotatable bonds is 8. The minimum Gasteiger partial charge on any atom is -0.489 e. The van der Waals surface area contributed by atoms with Gasteiger partial charge in [-0.25, -0.2) is 0 Å². The maximum absolute atomic E-state index is 12.5. The third-order valence-corrected chi connectivity index (χ3v) is 8.08. The largest absolute Gasteiger partial charge is 0.489 e. The van der Waals surface area contributed by atoms with Crippen LogP contribution in [0, 0.1) is 0 Å². The number of aryl methyl sites for hydroxylation is 1.